The number of oxime groups is 1. The second-order valence-corrected chi connectivity index (χ2v) is 4.03. The zero-order chi connectivity index (χ0) is 11.8. The molecule has 0 bridgehead atoms. The van der Waals surface area contributed by atoms with E-state index in [1.54, 1.807) is 0 Å². The van der Waals surface area contributed by atoms with Crippen molar-refractivity contribution in [2.45, 2.75) is 18.2 Å². The smallest absolute Gasteiger partial charge is 0.323 e. The van der Waals surface area contributed by atoms with Gasteiger partial charge in [0, 0.05) is 11.9 Å². The van der Waals surface area contributed by atoms with Crippen molar-refractivity contribution in [3.8, 4) is 0 Å². The average molecular weight is 238 g/mol. The Morgan fingerprint density at radius 2 is 2.12 bits per heavy atom. The third-order valence-electron chi connectivity index (χ3n) is 1.72. The van der Waals surface area contributed by atoms with E-state index < -0.39 is 6.09 Å². The van der Waals surface area contributed by atoms with Gasteiger partial charge in [0.2, 0.25) is 0 Å². The summed E-state index contributed by atoms with van der Waals surface area (Å²) in [6, 6.07) is 9.82. The summed E-state index contributed by atoms with van der Waals surface area (Å²) >= 11 is 1.49. The number of amides is 1. The molecule has 0 heterocycles. The second kappa shape index (κ2) is 6.90. The Hall–Kier alpha value is -1.49. The lowest BCUT2D eigenvalue weighted by Crippen LogP contribution is -2.17. The van der Waals surface area contributed by atoms with E-state index in [-0.39, 0.29) is 0 Å². The van der Waals surface area contributed by atoms with Gasteiger partial charge in [-0.2, -0.15) is 0 Å². The SMILES string of the molecule is CCC(=NOC(=O)NC)Sc1ccccc1. The molecular formula is C11H14N2O2S. The Morgan fingerprint density at radius 3 is 2.69 bits per heavy atom. The minimum absolute atomic E-state index is 0.556. The van der Waals surface area contributed by atoms with Crippen LogP contribution in [0.1, 0.15) is 13.3 Å². The summed E-state index contributed by atoms with van der Waals surface area (Å²) in [5, 5.41) is 6.87. The molecule has 0 saturated carbocycles. The summed E-state index contributed by atoms with van der Waals surface area (Å²) in [6.07, 6.45) is 0.163. The Bertz CT molecular complexity index is 366. The number of rotatable bonds is 3. The molecule has 1 amide bonds. The fraction of sp³-hybridized carbons (Fsp3) is 0.273. The third kappa shape index (κ3) is 4.35. The van der Waals surface area contributed by atoms with Crippen LogP contribution in [0.3, 0.4) is 0 Å². The number of carbonyl (C=O) groups is 1. The number of carbonyl (C=O) groups excluding carboxylic acids is 1. The van der Waals surface area contributed by atoms with Crippen LogP contribution in [-0.4, -0.2) is 18.2 Å². The van der Waals surface area contributed by atoms with E-state index in [1.807, 2.05) is 37.3 Å². The van der Waals surface area contributed by atoms with E-state index in [0.717, 1.165) is 16.4 Å². The van der Waals surface area contributed by atoms with Crippen molar-refractivity contribution in [3.05, 3.63) is 30.3 Å². The zero-order valence-electron chi connectivity index (χ0n) is 9.27. The van der Waals surface area contributed by atoms with E-state index in [0.29, 0.717) is 0 Å². The highest BCUT2D eigenvalue weighted by Crippen LogP contribution is 2.20. The van der Waals surface area contributed by atoms with Crippen LogP contribution in [0.5, 0.6) is 0 Å². The van der Waals surface area contributed by atoms with Gasteiger partial charge >= 0.3 is 6.09 Å². The summed E-state index contributed by atoms with van der Waals surface area (Å²) < 4.78 is 0. The molecule has 5 heteroatoms. The first kappa shape index (κ1) is 12.6. The minimum Gasteiger partial charge on any atom is -0.323 e. The summed E-state index contributed by atoms with van der Waals surface area (Å²) in [5.74, 6) is 0. The lowest BCUT2D eigenvalue weighted by molar-refractivity contribution is 0.153. The van der Waals surface area contributed by atoms with Crippen molar-refractivity contribution in [1.82, 2.24) is 5.32 Å². The fourth-order valence-corrected chi connectivity index (χ4v) is 1.70. The molecule has 1 aromatic carbocycles. The van der Waals surface area contributed by atoms with Crippen molar-refractivity contribution in [2.24, 2.45) is 5.16 Å². The van der Waals surface area contributed by atoms with E-state index in [9.17, 15) is 4.79 Å². The first-order valence-corrected chi connectivity index (χ1v) is 5.76. The van der Waals surface area contributed by atoms with Gasteiger partial charge in [-0.15, -0.1) is 0 Å². The highest BCUT2D eigenvalue weighted by molar-refractivity contribution is 8.14. The van der Waals surface area contributed by atoms with Crippen molar-refractivity contribution < 1.29 is 9.63 Å². The van der Waals surface area contributed by atoms with Gasteiger partial charge in [-0.1, -0.05) is 42.0 Å². The first-order valence-electron chi connectivity index (χ1n) is 4.94. The summed E-state index contributed by atoms with van der Waals surface area (Å²) in [5.41, 5.74) is 0. The minimum atomic E-state index is -0.556. The van der Waals surface area contributed by atoms with Crippen LogP contribution in [0.4, 0.5) is 4.79 Å². The van der Waals surface area contributed by atoms with Crippen LogP contribution in [0.25, 0.3) is 0 Å². The Morgan fingerprint density at radius 1 is 1.44 bits per heavy atom. The van der Waals surface area contributed by atoms with Gasteiger partial charge in [0.25, 0.3) is 0 Å². The summed E-state index contributed by atoms with van der Waals surface area (Å²) in [6.45, 7) is 1.96. The van der Waals surface area contributed by atoms with Crippen molar-refractivity contribution in [2.75, 3.05) is 7.05 Å². The molecule has 4 nitrogen and oxygen atoms in total. The van der Waals surface area contributed by atoms with E-state index in [2.05, 4.69) is 15.3 Å². The highest BCUT2D eigenvalue weighted by Gasteiger charge is 2.02. The number of thioether (sulfide) groups is 1. The predicted octanol–water partition coefficient (Wildman–Crippen LogP) is 2.86. The van der Waals surface area contributed by atoms with E-state index in [1.165, 1.54) is 18.8 Å². The lowest BCUT2D eigenvalue weighted by Gasteiger charge is -2.02. The van der Waals surface area contributed by atoms with Gasteiger partial charge in [0.1, 0.15) is 5.04 Å². The van der Waals surface area contributed by atoms with Crippen molar-refractivity contribution >= 4 is 22.9 Å². The van der Waals surface area contributed by atoms with Crippen LogP contribution < -0.4 is 5.32 Å². The quantitative estimate of drug-likeness (QED) is 0.289. The van der Waals surface area contributed by atoms with Gasteiger partial charge in [-0.05, 0) is 18.6 Å². The van der Waals surface area contributed by atoms with Crippen LogP contribution in [0, 0.1) is 0 Å². The first-order chi connectivity index (χ1) is 7.76. The van der Waals surface area contributed by atoms with Gasteiger partial charge in [0.15, 0.2) is 0 Å². The van der Waals surface area contributed by atoms with Crippen LogP contribution in [-0.2, 0) is 4.84 Å². The normalized spacial score (nSPS) is 11.0. The molecule has 0 aliphatic rings. The molecule has 0 aliphatic heterocycles. The molecule has 0 atom stereocenters. The fourth-order valence-electron chi connectivity index (χ4n) is 0.918. The number of hydrogen-bond acceptors (Lipinski definition) is 4. The number of benzene rings is 1. The average Bonchev–Trinajstić information content (AvgIpc) is 2.35. The molecule has 0 aliphatic carbocycles. The van der Waals surface area contributed by atoms with Crippen molar-refractivity contribution in [1.29, 1.82) is 0 Å². The number of hydrogen-bond donors (Lipinski definition) is 1. The molecular weight excluding hydrogens is 224 g/mol. The predicted molar refractivity (Wildman–Crippen MR) is 65.6 cm³/mol. The van der Waals surface area contributed by atoms with Gasteiger partial charge in [-0.25, -0.2) is 4.79 Å². The lowest BCUT2D eigenvalue weighted by atomic mass is 10.4. The molecule has 0 fully saturated rings. The number of nitrogens with one attached hydrogen (secondary N) is 1. The maximum absolute atomic E-state index is 10.8. The maximum Gasteiger partial charge on any atom is 0.433 e. The molecule has 16 heavy (non-hydrogen) atoms. The van der Waals surface area contributed by atoms with Gasteiger partial charge in [-0.3, -0.25) is 4.84 Å². The molecule has 1 rings (SSSR count). The second-order valence-electron chi connectivity index (χ2n) is 2.88. The van der Waals surface area contributed by atoms with Crippen LogP contribution >= 0.6 is 11.8 Å². The van der Waals surface area contributed by atoms with Gasteiger partial charge < -0.3 is 5.32 Å². The summed E-state index contributed by atoms with van der Waals surface area (Å²) in [7, 11) is 1.49. The Kier molecular flexibility index (Phi) is 5.42. The topological polar surface area (TPSA) is 50.7 Å². The molecule has 0 spiro atoms. The molecule has 1 aromatic rings. The molecule has 0 radical (unpaired) electrons. The number of nitrogens with zero attached hydrogens (tertiary/aromatic N) is 1. The molecule has 0 aromatic heterocycles. The van der Waals surface area contributed by atoms with E-state index >= 15 is 0 Å². The molecule has 0 saturated heterocycles. The Balaban J connectivity index is 2.58. The summed E-state index contributed by atoms with van der Waals surface area (Å²) in [4.78, 5) is 16.5. The Labute approximate surface area is 99.1 Å². The maximum atomic E-state index is 10.8. The van der Waals surface area contributed by atoms with Gasteiger partial charge in [0.05, 0.1) is 0 Å². The highest BCUT2D eigenvalue weighted by atomic mass is 32.2. The molecule has 0 unspecified atom stereocenters. The van der Waals surface area contributed by atoms with Crippen LogP contribution in [0.15, 0.2) is 40.4 Å². The third-order valence-corrected chi connectivity index (χ3v) is 2.82. The largest absolute Gasteiger partial charge is 0.433 e. The molecule has 86 valence electrons. The standard InChI is InChI=1S/C11H14N2O2S/c1-3-10(13-15-11(14)12-2)16-9-7-5-4-6-8-9/h4-8H,3H2,1-2H3,(H,12,14). The zero-order valence-corrected chi connectivity index (χ0v) is 10.1. The van der Waals surface area contributed by atoms with Crippen molar-refractivity contribution in [3.63, 3.8) is 0 Å². The van der Waals surface area contributed by atoms with Crippen LogP contribution in [0.2, 0.25) is 0 Å². The van der Waals surface area contributed by atoms with E-state index in [4.69, 9.17) is 0 Å². The molecule has 1 N–H and O–H groups in total. The monoisotopic (exact) mass is 238 g/mol.